The summed E-state index contributed by atoms with van der Waals surface area (Å²) in [5.74, 6) is -1.79. The number of halogens is 2. The Labute approximate surface area is 129 Å². The first kappa shape index (κ1) is 15.8. The molecule has 22 heavy (non-hydrogen) atoms. The van der Waals surface area contributed by atoms with Crippen molar-refractivity contribution >= 4 is 10.0 Å². The fourth-order valence-corrected chi connectivity index (χ4v) is 5.11. The van der Waals surface area contributed by atoms with Gasteiger partial charge in [0, 0.05) is 25.2 Å². The standard InChI is InChI=1S/C15H20F2N2O2S/c16-12-5-6-15(14(17)10-12)22(20,21)19-9-3-4-13(19)11-18-7-1-2-8-18/h5-6,10,13H,1-4,7-9,11H2. The van der Waals surface area contributed by atoms with Crippen molar-refractivity contribution in [3.8, 4) is 0 Å². The summed E-state index contributed by atoms with van der Waals surface area (Å²) in [5.41, 5.74) is 0. The molecule has 2 heterocycles. The van der Waals surface area contributed by atoms with Gasteiger partial charge in [-0.3, -0.25) is 0 Å². The fraction of sp³-hybridized carbons (Fsp3) is 0.600. The Kier molecular flexibility index (Phi) is 4.47. The predicted octanol–water partition coefficient (Wildman–Crippen LogP) is 2.21. The van der Waals surface area contributed by atoms with E-state index in [2.05, 4.69) is 4.90 Å². The van der Waals surface area contributed by atoms with E-state index >= 15 is 0 Å². The topological polar surface area (TPSA) is 40.6 Å². The molecule has 0 saturated carbocycles. The zero-order valence-electron chi connectivity index (χ0n) is 12.3. The van der Waals surface area contributed by atoms with Gasteiger partial charge < -0.3 is 4.90 Å². The van der Waals surface area contributed by atoms with Crippen molar-refractivity contribution in [2.45, 2.75) is 36.6 Å². The van der Waals surface area contributed by atoms with Crippen LogP contribution in [0, 0.1) is 11.6 Å². The van der Waals surface area contributed by atoms with Gasteiger partial charge in [-0.1, -0.05) is 0 Å². The van der Waals surface area contributed by atoms with E-state index in [4.69, 9.17) is 0 Å². The largest absolute Gasteiger partial charge is 0.302 e. The van der Waals surface area contributed by atoms with Crippen LogP contribution in [0.25, 0.3) is 0 Å². The molecule has 1 atom stereocenters. The van der Waals surface area contributed by atoms with Gasteiger partial charge in [-0.25, -0.2) is 17.2 Å². The molecule has 122 valence electrons. The summed E-state index contributed by atoms with van der Waals surface area (Å²) >= 11 is 0. The number of rotatable bonds is 4. The second-order valence-electron chi connectivity index (χ2n) is 5.99. The van der Waals surface area contributed by atoms with Gasteiger partial charge in [0.2, 0.25) is 10.0 Å². The smallest absolute Gasteiger partial charge is 0.246 e. The minimum absolute atomic E-state index is 0.118. The van der Waals surface area contributed by atoms with Crippen molar-refractivity contribution in [3.05, 3.63) is 29.8 Å². The van der Waals surface area contributed by atoms with Gasteiger partial charge in [0.15, 0.2) is 0 Å². The lowest BCUT2D eigenvalue weighted by Gasteiger charge is -2.28. The molecule has 0 amide bonds. The van der Waals surface area contributed by atoms with E-state index in [1.54, 1.807) is 0 Å². The van der Waals surface area contributed by atoms with E-state index in [0.717, 1.165) is 50.9 Å². The zero-order valence-corrected chi connectivity index (χ0v) is 13.2. The Hall–Kier alpha value is -1.05. The summed E-state index contributed by atoms with van der Waals surface area (Å²) in [6, 6.07) is 2.51. The number of nitrogens with zero attached hydrogens (tertiary/aromatic N) is 2. The molecule has 0 radical (unpaired) electrons. The maximum atomic E-state index is 13.9. The van der Waals surface area contributed by atoms with Crippen molar-refractivity contribution in [1.29, 1.82) is 0 Å². The van der Waals surface area contributed by atoms with Crippen molar-refractivity contribution in [3.63, 3.8) is 0 Å². The second kappa shape index (κ2) is 6.22. The minimum Gasteiger partial charge on any atom is -0.302 e. The molecule has 2 saturated heterocycles. The van der Waals surface area contributed by atoms with Crippen LogP contribution < -0.4 is 0 Å². The van der Waals surface area contributed by atoms with Gasteiger partial charge in [0.1, 0.15) is 16.5 Å². The van der Waals surface area contributed by atoms with Crippen molar-refractivity contribution < 1.29 is 17.2 Å². The number of sulfonamides is 1. The predicted molar refractivity (Wildman–Crippen MR) is 78.9 cm³/mol. The highest BCUT2D eigenvalue weighted by atomic mass is 32.2. The molecule has 4 nitrogen and oxygen atoms in total. The summed E-state index contributed by atoms with van der Waals surface area (Å²) < 4.78 is 53.7. The van der Waals surface area contributed by atoms with Crippen LogP contribution in [0.2, 0.25) is 0 Å². The molecule has 2 aliphatic rings. The molecule has 0 aliphatic carbocycles. The van der Waals surface area contributed by atoms with Gasteiger partial charge in [-0.2, -0.15) is 4.31 Å². The highest BCUT2D eigenvalue weighted by Crippen LogP contribution is 2.28. The lowest BCUT2D eigenvalue weighted by atomic mass is 10.2. The van der Waals surface area contributed by atoms with Crippen molar-refractivity contribution in [1.82, 2.24) is 9.21 Å². The molecule has 1 aromatic rings. The Morgan fingerprint density at radius 3 is 2.50 bits per heavy atom. The minimum atomic E-state index is -3.91. The maximum Gasteiger partial charge on any atom is 0.246 e. The third-order valence-electron chi connectivity index (χ3n) is 4.47. The summed E-state index contributed by atoms with van der Waals surface area (Å²) in [7, 11) is -3.91. The van der Waals surface area contributed by atoms with Crippen LogP contribution in [-0.4, -0.2) is 49.8 Å². The Balaban J connectivity index is 1.83. The van der Waals surface area contributed by atoms with E-state index in [1.807, 2.05) is 0 Å². The van der Waals surface area contributed by atoms with Crippen LogP contribution in [0.5, 0.6) is 0 Å². The van der Waals surface area contributed by atoms with E-state index < -0.39 is 26.6 Å². The number of hydrogen-bond donors (Lipinski definition) is 0. The van der Waals surface area contributed by atoms with E-state index in [1.165, 1.54) is 4.31 Å². The monoisotopic (exact) mass is 330 g/mol. The SMILES string of the molecule is O=S(=O)(c1ccc(F)cc1F)N1CCCC1CN1CCCC1. The Bertz CT molecular complexity index is 645. The van der Waals surface area contributed by atoms with Crippen LogP contribution in [0.15, 0.2) is 23.1 Å². The number of likely N-dealkylation sites (tertiary alicyclic amines) is 1. The molecular weight excluding hydrogens is 310 g/mol. The third-order valence-corrected chi connectivity index (χ3v) is 6.46. The van der Waals surface area contributed by atoms with Crippen molar-refractivity contribution in [2.24, 2.45) is 0 Å². The van der Waals surface area contributed by atoms with Crippen molar-refractivity contribution in [2.75, 3.05) is 26.2 Å². The van der Waals surface area contributed by atoms with Gasteiger partial charge in [0.05, 0.1) is 0 Å². The van der Waals surface area contributed by atoms with E-state index in [-0.39, 0.29) is 6.04 Å². The third kappa shape index (κ3) is 3.02. The highest BCUT2D eigenvalue weighted by molar-refractivity contribution is 7.89. The first-order valence-electron chi connectivity index (χ1n) is 7.68. The summed E-state index contributed by atoms with van der Waals surface area (Å²) in [6.07, 6.45) is 3.86. The lowest BCUT2D eigenvalue weighted by molar-refractivity contribution is 0.257. The second-order valence-corrected chi connectivity index (χ2v) is 7.85. The van der Waals surface area contributed by atoms with E-state index in [9.17, 15) is 17.2 Å². The molecule has 0 aromatic heterocycles. The van der Waals surface area contributed by atoms with E-state index in [0.29, 0.717) is 19.2 Å². The maximum absolute atomic E-state index is 13.9. The Morgan fingerprint density at radius 1 is 1.09 bits per heavy atom. The molecular formula is C15H20F2N2O2S. The summed E-state index contributed by atoms with van der Waals surface area (Å²) in [6.45, 7) is 3.09. The number of benzene rings is 1. The first-order valence-corrected chi connectivity index (χ1v) is 9.12. The van der Waals surface area contributed by atoms with Gasteiger partial charge >= 0.3 is 0 Å². The summed E-state index contributed by atoms with van der Waals surface area (Å²) in [5, 5.41) is 0. The van der Waals surface area contributed by atoms with Gasteiger partial charge in [-0.05, 0) is 50.9 Å². The molecule has 7 heteroatoms. The van der Waals surface area contributed by atoms with Crippen LogP contribution in [0.1, 0.15) is 25.7 Å². The molecule has 0 N–H and O–H groups in total. The fourth-order valence-electron chi connectivity index (χ4n) is 3.38. The van der Waals surface area contributed by atoms with Crippen LogP contribution >= 0.6 is 0 Å². The van der Waals surface area contributed by atoms with Crippen LogP contribution in [-0.2, 0) is 10.0 Å². The normalized spacial score (nSPS) is 24.2. The molecule has 0 spiro atoms. The molecule has 0 bridgehead atoms. The average molecular weight is 330 g/mol. The van der Waals surface area contributed by atoms with Gasteiger partial charge in [-0.15, -0.1) is 0 Å². The first-order chi connectivity index (χ1) is 10.5. The average Bonchev–Trinajstić information content (AvgIpc) is 3.10. The highest BCUT2D eigenvalue weighted by Gasteiger charge is 2.37. The van der Waals surface area contributed by atoms with Gasteiger partial charge in [0.25, 0.3) is 0 Å². The molecule has 3 rings (SSSR count). The summed E-state index contributed by atoms with van der Waals surface area (Å²) in [4.78, 5) is 1.83. The van der Waals surface area contributed by atoms with Crippen LogP contribution in [0.4, 0.5) is 8.78 Å². The molecule has 2 fully saturated rings. The Morgan fingerprint density at radius 2 is 1.82 bits per heavy atom. The van der Waals surface area contributed by atoms with Crippen LogP contribution in [0.3, 0.4) is 0 Å². The lowest BCUT2D eigenvalue weighted by Crippen LogP contribution is -2.42. The molecule has 1 unspecified atom stereocenters. The zero-order chi connectivity index (χ0) is 15.7. The molecule has 2 aliphatic heterocycles. The molecule has 1 aromatic carbocycles. The number of hydrogen-bond acceptors (Lipinski definition) is 3. The quantitative estimate of drug-likeness (QED) is 0.850.